The van der Waals surface area contributed by atoms with Crippen LogP contribution in [0.15, 0.2) is 18.2 Å². The maximum absolute atomic E-state index is 12.4. The molecule has 0 aliphatic heterocycles. The van der Waals surface area contributed by atoms with Gasteiger partial charge in [0.15, 0.2) is 0 Å². The van der Waals surface area contributed by atoms with Gasteiger partial charge >= 0.3 is 115 Å². The molecule has 144 valence electrons. The first kappa shape index (κ1) is 29.8. The third-order valence-electron chi connectivity index (χ3n) is 1.33. The summed E-state index contributed by atoms with van der Waals surface area (Å²) in [7, 11) is -18.0. The van der Waals surface area contributed by atoms with E-state index in [0.29, 0.717) is 49.0 Å². The Morgan fingerprint density at radius 3 is 0.920 bits per heavy atom. The zero-order valence-corrected chi connectivity index (χ0v) is 15.1. The SMILES string of the molecule is F[B-](F)(F)F.F[B-](F)(F)F.F[B-](F)(F)F.Fc1cc(F)cc([CH2][K])c1. The van der Waals surface area contributed by atoms with Crippen molar-refractivity contribution in [2.24, 2.45) is 0 Å². The molecule has 0 amide bonds. The summed E-state index contributed by atoms with van der Waals surface area (Å²) in [6, 6.07) is 3.66. The molecule has 1 rings (SSSR count). The third kappa shape index (κ3) is 59.2. The van der Waals surface area contributed by atoms with Crippen LogP contribution in [0.25, 0.3) is 0 Å². The van der Waals surface area contributed by atoms with E-state index >= 15 is 0 Å². The van der Waals surface area contributed by atoms with Gasteiger partial charge in [-0.05, 0) is 0 Å². The van der Waals surface area contributed by atoms with E-state index in [4.69, 9.17) is 0 Å². The van der Waals surface area contributed by atoms with Crippen LogP contribution in [0.2, 0.25) is 0 Å². The summed E-state index contributed by atoms with van der Waals surface area (Å²) in [5.41, 5.74) is 0.775. The van der Waals surface area contributed by atoms with Gasteiger partial charge in [0, 0.05) is 0 Å². The molecule has 0 heterocycles. The van der Waals surface area contributed by atoms with Crippen LogP contribution >= 0.6 is 0 Å². The van der Waals surface area contributed by atoms with Crippen molar-refractivity contribution in [1.82, 2.24) is 0 Å². The van der Waals surface area contributed by atoms with Crippen LogP contribution in [0.5, 0.6) is 0 Å². The van der Waals surface area contributed by atoms with Crippen molar-refractivity contribution >= 4 is 70.7 Å². The minimum atomic E-state index is -6.00. The first-order valence-corrected chi connectivity index (χ1v) is 8.00. The van der Waals surface area contributed by atoms with Gasteiger partial charge in [-0.15, -0.1) is 0 Å². The monoisotopic (exact) mass is 427 g/mol. The molecule has 1 aromatic rings. The summed E-state index contributed by atoms with van der Waals surface area (Å²) in [6.45, 7) is 0. The molecule has 0 bridgehead atoms. The second-order valence-electron chi connectivity index (χ2n) is 3.62. The molecule has 0 saturated heterocycles. The van der Waals surface area contributed by atoms with Crippen LogP contribution in [0.4, 0.5) is 60.6 Å². The number of rotatable bonds is 1. The number of benzene rings is 1. The van der Waals surface area contributed by atoms with E-state index in [2.05, 4.69) is 0 Å². The zero-order valence-electron chi connectivity index (χ0n) is 12.0. The first-order valence-electron chi connectivity index (χ1n) is 5.79. The molecule has 1 aromatic carbocycles. The van der Waals surface area contributed by atoms with Crippen LogP contribution in [0.1, 0.15) is 5.56 Å². The number of halogens is 14. The molecule has 0 radical (unpaired) electrons. The maximum atomic E-state index is 12.4. The van der Waals surface area contributed by atoms with E-state index in [1.54, 1.807) is 0 Å². The summed E-state index contributed by atoms with van der Waals surface area (Å²) in [5.74, 6) is -0.946. The predicted octanol–water partition coefficient (Wildman–Crippen LogP) is 5.53. The Labute approximate surface area is 166 Å². The molecule has 0 nitrogen and oxygen atoms in total. The Kier molecular flexibility index (Phi) is 15.8. The van der Waals surface area contributed by atoms with Crippen molar-refractivity contribution < 1.29 is 60.6 Å². The molecule has 0 atom stereocenters. The Bertz CT molecular complexity index is 402. The summed E-state index contributed by atoms with van der Waals surface area (Å²) < 4.78 is 143. The molecule has 0 aromatic heterocycles. The second kappa shape index (κ2) is 13.3. The summed E-state index contributed by atoms with van der Waals surface area (Å²) >= 11 is 0.618. The Balaban J connectivity index is -0.000000279. The van der Waals surface area contributed by atoms with E-state index in [0.717, 1.165) is 12.1 Å². The normalized spacial score (nSPS) is 11.2. The fourth-order valence-electron chi connectivity index (χ4n) is 0.815. The average Bonchev–Trinajstić information content (AvgIpc) is 2.20. The average molecular weight is 427 g/mol. The third-order valence-corrected chi connectivity index (χ3v) is 2.61. The van der Waals surface area contributed by atoms with Gasteiger partial charge in [0.2, 0.25) is 0 Å². The van der Waals surface area contributed by atoms with Crippen LogP contribution in [-0.4, -0.2) is 70.7 Å². The standard InChI is InChI=1S/C7H5F2.3BF4.K/c1-5-2-6(8)4-7(9)3-5;3*2-1(3,4)5;/h2-4H,1H2;;;;/q;3*-1;. The number of hydrogen-bond acceptors (Lipinski definition) is 0. The van der Waals surface area contributed by atoms with Gasteiger partial charge in [-0.2, -0.15) is 0 Å². The predicted molar refractivity (Wildman–Crippen MR) is 66.4 cm³/mol. The van der Waals surface area contributed by atoms with E-state index in [-0.39, 0.29) is 0 Å². The van der Waals surface area contributed by atoms with Crippen molar-refractivity contribution in [3.63, 3.8) is 0 Å². The van der Waals surface area contributed by atoms with Gasteiger partial charge in [-0.3, -0.25) is 0 Å². The van der Waals surface area contributed by atoms with Crippen LogP contribution in [0, 0.1) is 11.6 Å². The minimum absolute atomic E-state index is 0.473. The molecule has 0 N–H and O–H groups in total. The fraction of sp³-hybridized carbons (Fsp3) is 0.143. The van der Waals surface area contributed by atoms with E-state index < -0.39 is 33.4 Å². The van der Waals surface area contributed by atoms with Crippen LogP contribution < -0.4 is 0 Å². The number of hydrogen-bond donors (Lipinski definition) is 0. The van der Waals surface area contributed by atoms with Gasteiger partial charge in [0.1, 0.15) is 0 Å². The molecular weight excluding hydrogens is 422 g/mol. The molecule has 18 heteroatoms. The van der Waals surface area contributed by atoms with Crippen LogP contribution in [-0.2, 0) is 0.515 Å². The summed E-state index contributed by atoms with van der Waals surface area (Å²) in [6.07, 6.45) is 0. The van der Waals surface area contributed by atoms with E-state index in [9.17, 15) is 60.6 Å². The molecular formula is C7H5B3F14K-3. The van der Waals surface area contributed by atoms with Crippen molar-refractivity contribution in [2.45, 2.75) is 0.515 Å². The second-order valence-corrected chi connectivity index (χ2v) is 4.72. The van der Waals surface area contributed by atoms with Gasteiger partial charge in [-0.25, -0.2) is 0 Å². The Morgan fingerprint density at radius 1 is 0.560 bits per heavy atom. The van der Waals surface area contributed by atoms with E-state index in [1.807, 2.05) is 0 Å². The molecule has 0 saturated carbocycles. The molecule has 0 spiro atoms. The molecule has 0 unspecified atom stereocenters. The van der Waals surface area contributed by atoms with Gasteiger partial charge in [0.25, 0.3) is 0 Å². The molecule has 0 aliphatic rings. The molecule has 0 fully saturated rings. The quantitative estimate of drug-likeness (QED) is 0.409. The summed E-state index contributed by atoms with van der Waals surface area (Å²) in [4.78, 5) is 0. The first-order chi connectivity index (χ1) is 10.7. The van der Waals surface area contributed by atoms with Gasteiger partial charge < -0.3 is 51.8 Å². The van der Waals surface area contributed by atoms with Crippen molar-refractivity contribution in [3.05, 3.63) is 35.4 Å². The van der Waals surface area contributed by atoms with Crippen molar-refractivity contribution in [1.29, 1.82) is 0 Å². The Morgan fingerprint density at radius 2 is 0.760 bits per heavy atom. The van der Waals surface area contributed by atoms with Gasteiger partial charge in [0.05, 0.1) is 0 Å². The molecule has 0 aliphatic carbocycles. The van der Waals surface area contributed by atoms with Crippen molar-refractivity contribution in [2.75, 3.05) is 0 Å². The van der Waals surface area contributed by atoms with E-state index in [1.165, 1.54) is 12.1 Å². The molecule has 25 heavy (non-hydrogen) atoms. The zero-order chi connectivity index (χ0) is 21.1. The topological polar surface area (TPSA) is 0 Å². The summed E-state index contributed by atoms with van der Waals surface area (Å²) in [5, 5.41) is 0. The van der Waals surface area contributed by atoms with Crippen molar-refractivity contribution in [3.8, 4) is 0 Å². The Hall–Kier alpha value is 0.0712. The van der Waals surface area contributed by atoms with Gasteiger partial charge in [-0.1, -0.05) is 0 Å². The fourth-order valence-corrected chi connectivity index (χ4v) is 1.45. The van der Waals surface area contributed by atoms with Crippen LogP contribution in [0.3, 0.4) is 0 Å².